The van der Waals surface area contributed by atoms with E-state index in [9.17, 15) is 9.18 Å². The van der Waals surface area contributed by atoms with E-state index in [0.29, 0.717) is 11.3 Å². The summed E-state index contributed by atoms with van der Waals surface area (Å²) in [6.45, 7) is -0.356. The van der Waals surface area contributed by atoms with Crippen LogP contribution in [0.4, 0.5) is 10.1 Å². The van der Waals surface area contributed by atoms with Crippen molar-refractivity contribution in [2.75, 3.05) is 11.9 Å². The van der Waals surface area contributed by atoms with Crippen LogP contribution in [-0.2, 0) is 0 Å². The number of carbonyl (C=O) groups is 1. The third-order valence-corrected chi connectivity index (χ3v) is 2.29. The third-order valence-electron chi connectivity index (χ3n) is 2.29. The number of aromatic nitrogens is 2. The average Bonchev–Trinajstić information content (AvgIpc) is 2.93. The molecule has 0 unspecified atom stereocenters. The first-order valence-corrected chi connectivity index (χ1v) is 5.40. The number of aromatic amines is 1. The zero-order valence-electron chi connectivity index (χ0n) is 9.77. The lowest BCUT2D eigenvalue weighted by atomic mass is 10.2. The van der Waals surface area contributed by atoms with Gasteiger partial charge in [0, 0.05) is 11.9 Å². The Labute approximate surface area is 108 Å². The molecule has 0 saturated heterocycles. The molecule has 0 aliphatic heterocycles. The van der Waals surface area contributed by atoms with Crippen LogP contribution in [-0.4, -0.2) is 27.8 Å². The molecule has 0 saturated carbocycles. The fraction of sp³-hybridized carbons (Fsp3) is 0.0769. The molecule has 0 aliphatic rings. The summed E-state index contributed by atoms with van der Waals surface area (Å²) in [5, 5.41) is 17.4. The summed E-state index contributed by atoms with van der Waals surface area (Å²) in [5.41, 5.74) is 0.890. The third kappa shape index (κ3) is 3.18. The zero-order valence-corrected chi connectivity index (χ0v) is 9.77. The van der Waals surface area contributed by atoms with Crippen LogP contribution in [0.2, 0.25) is 0 Å². The van der Waals surface area contributed by atoms with Gasteiger partial charge in [-0.1, -0.05) is 11.8 Å². The number of carbonyl (C=O) groups excluding carboxylic acids is 1. The lowest BCUT2D eigenvalue weighted by Crippen LogP contribution is -2.11. The number of H-pyrrole nitrogens is 1. The van der Waals surface area contributed by atoms with Crippen molar-refractivity contribution in [3.05, 3.63) is 47.5 Å². The number of nitrogens with one attached hydrogen (secondary N) is 2. The number of rotatable bonds is 2. The molecule has 19 heavy (non-hydrogen) atoms. The average molecular weight is 259 g/mol. The van der Waals surface area contributed by atoms with Gasteiger partial charge in [-0.2, -0.15) is 5.10 Å². The molecule has 0 fully saturated rings. The molecule has 0 bridgehead atoms. The summed E-state index contributed by atoms with van der Waals surface area (Å²) in [7, 11) is 0. The Kier molecular flexibility index (Phi) is 3.90. The molecule has 3 N–H and O–H groups in total. The fourth-order valence-electron chi connectivity index (χ4n) is 1.41. The molecular weight excluding hydrogens is 249 g/mol. The highest BCUT2D eigenvalue weighted by Gasteiger charge is 2.08. The summed E-state index contributed by atoms with van der Waals surface area (Å²) < 4.78 is 13.4. The predicted octanol–water partition coefficient (Wildman–Crippen LogP) is 1.14. The minimum Gasteiger partial charge on any atom is -0.384 e. The van der Waals surface area contributed by atoms with Crippen molar-refractivity contribution >= 4 is 11.6 Å². The van der Waals surface area contributed by atoms with Crippen molar-refractivity contribution < 1.29 is 14.3 Å². The van der Waals surface area contributed by atoms with Crippen LogP contribution in [0.1, 0.15) is 15.9 Å². The van der Waals surface area contributed by atoms with Crippen molar-refractivity contribution in [2.24, 2.45) is 0 Å². The lowest BCUT2D eigenvalue weighted by Gasteiger charge is -2.04. The maximum atomic E-state index is 13.4. The van der Waals surface area contributed by atoms with E-state index in [1.54, 1.807) is 0 Å². The second kappa shape index (κ2) is 5.80. The standard InChI is InChI=1S/C13H10FN3O2/c14-12-4-3-11(6-9(12)2-1-5-18)17-13(19)10-7-15-16-8-10/h3-4,6-8,18H,5H2,(H,15,16)(H,17,19). The van der Waals surface area contributed by atoms with Crippen LogP contribution in [0, 0.1) is 17.7 Å². The number of hydrogen-bond donors (Lipinski definition) is 3. The topological polar surface area (TPSA) is 78.0 Å². The molecule has 6 heteroatoms. The van der Waals surface area contributed by atoms with E-state index in [0.717, 1.165) is 0 Å². The quantitative estimate of drug-likeness (QED) is 0.708. The Morgan fingerprint density at radius 3 is 3.05 bits per heavy atom. The number of hydrogen-bond acceptors (Lipinski definition) is 3. The van der Waals surface area contributed by atoms with Gasteiger partial charge in [-0.3, -0.25) is 9.89 Å². The largest absolute Gasteiger partial charge is 0.384 e. The van der Waals surface area contributed by atoms with Crippen molar-refractivity contribution in [3.8, 4) is 11.8 Å². The molecule has 2 aromatic rings. The van der Waals surface area contributed by atoms with Gasteiger partial charge in [0.15, 0.2) is 0 Å². The van der Waals surface area contributed by atoms with Crippen molar-refractivity contribution in [3.63, 3.8) is 0 Å². The minimum atomic E-state index is -0.512. The van der Waals surface area contributed by atoms with E-state index < -0.39 is 5.82 Å². The number of anilines is 1. The molecule has 1 aromatic carbocycles. The van der Waals surface area contributed by atoms with Gasteiger partial charge in [-0.25, -0.2) is 4.39 Å². The molecule has 1 amide bonds. The second-order valence-electron chi connectivity index (χ2n) is 3.60. The molecule has 5 nitrogen and oxygen atoms in total. The van der Waals surface area contributed by atoms with Crippen LogP contribution in [0.3, 0.4) is 0 Å². The van der Waals surface area contributed by atoms with Gasteiger partial charge in [0.25, 0.3) is 5.91 Å². The molecule has 0 aliphatic carbocycles. The Morgan fingerprint density at radius 2 is 2.37 bits per heavy atom. The number of aliphatic hydroxyl groups excluding tert-OH is 1. The molecular formula is C13H10FN3O2. The molecule has 1 heterocycles. The molecule has 1 aromatic heterocycles. The highest BCUT2D eigenvalue weighted by Crippen LogP contribution is 2.14. The van der Waals surface area contributed by atoms with Gasteiger partial charge in [-0.15, -0.1) is 0 Å². The Bertz CT molecular complexity index is 642. The number of halogens is 1. The van der Waals surface area contributed by atoms with Gasteiger partial charge >= 0.3 is 0 Å². The van der Waals surface area contributed by atoms with Crippen molar-refractivity contribution in [2.45, 2.75) is 0 Å². The first-order chi connectivity index (χ1) is 9.20. The molecule has 96 valence electrons. The van der Waals surface area contributed by atoms with E-state index in [-0.39, 0.29) is 18.1 Å². The number of benzene rings is 1. The first kappa shape index (κ1) is 12.8. The maximum absolute atomic E-state index is 13.4. The van der Waals surface area contributed by atoms with Gasteiger partial charge in [-0.05, 0) is 18.2 Å². The summed E-state index contributed by atoms with van der Waals surface area (Å²) in [6.07, 6.45) is 2.83. The van der Waals surface area contributed by atoms with E-state index >= 15 is 0 Å². The summed E-state index contributed by atoms with van der Waals surface area (Å²) in [5.74, 6) is 3.95. The van der Waals surface area contributed by atoms with E-state index in [2.05, 4.69) is 27.4 Å². The molecule has 0 spiro atoms. The van der Waals surface area contributed by atoms with E-state index in [4.69, 9.17) is 5.11 Å². The van der Waals surface area contributed by atoms with Crippen molar-refractivity contribution in [1.82, 2.24) is 10.2 Å². The van der Waals surface area contributed by atoms with Crippen LogP contribution < -0.4 is 5.32 Å². The van der Waals surface area contributed by atoms with E-state index in [1.807, 2.05) is 0 Å². The van der Waals surface area contributed by atoms with Crippen LogP contribution in [0.15, 0.2) is 30.6 Å². The summed E-state index contributed by atoms with van der Waals surface area (Å²) in [4.78, 5) is 11.7. The Morgan fingerprint density at radius 1 is 1.53 bits per heavy atom. The SMILES string of the molecule is O=C(Nc1ccc(F)c(C#CCO)c1)c1cn[nH]c1. The second-order valence-corrected chi connectivity index (χ2v) is 3.60. The summed E-state index contributed by atoms with van der Waals surface area (Å²) >= 11 is 0. The van der Waals surface area contributed by atoms with Crippen LogP contribution in [0.25, 0.3) is 0 Å². The Balaban J connectivity index is 2.19. The minimum absolute atomic E-state index is 0.110. The van der Waals surface area contributed by atoms with Gasteiger partial charge in [0.05, 0.1) is 17.3 Å². The maximum Gasteiger partial charge on any atom is 0.258 e. The number of nitrogens with zero attached hydrogens (tertiary/aromatic N) is 1. The monoisotopic (exact) mass is 259 g/mol. The predicted molar refractivity (Wildman–Crippen MR) is 66.9 cm³/mol. The summed E-state index contributed by atoms with van der Waals surface area (Å²) in [6, 6.07) is 4.03. The molecule has 2 rings (SSSR count). The highest BCUT2D eigenvalue weighted by atomic mass is 19.1. The smallest absolute Gasteiger partial charge is 0.258 e. The number of amides is 1. The van der Waals surface area contributed by atoms with Crippen molar-refractivity contribution in [1.29, 1.82) is 0 Å². The van der Waals surface area contributed by atoms with Gasteiger partial charge in [0.2, 0.25) is 0 Å². The molecule has 0 atom stereocenters. The Hall–Kier alpha value is -2.65. The fourth-order valence-corrected chi connectivity index (χ4v) is 1.41. The lowest BCUT2D eigenvalue weighted by molar-refractivity contribution is 0.102. The molecule has 0 radical (unpaired) electrons. The van der Waals surface area contributed by atoms with Crippen LogP contribution in [0.5, 0.6) is 0 Å². The first-order valence-electron chi connectivity index (χ1n) is 5.40. The van der Waals surface area contributed by atoms with Gasteiger partial charge < -0.3 is 10.4 Å². The highest BCUT2D eigenvalue weighted by molar-refractivity contribution is 6.03. The van der Waals surface area contributed by atoms with E-state index in [1.165, 1.54) is 30.6 Å². The normalized spacial score (nSPS) is 9.58. The zero-order chi connectivity index (χ0) is 13.7. The number of aliphatic hydroxyl groups is 1. The van der Waals surface area contributed by atoms with Crippen LogP contribution >= 0.6 is 0 Å². The van der Waals surface area contributed by atoms with Gasteiger partial charge in [0.1, 0.15) is 12.4 Å².